The summed E-state index contributed by atoms with van der Waals surface area (Å²) in [5.41, 5.74) is 9.56. The Bertz CT molecular complexity index is 1460. The minimum absolute atomic E-state index is 0.399. The van der Waals surface area contributed by atoms with Gasteiger partial charge < -0.3 is 0 Å². The normalized spacial score (nSPS) is 11.9. The van der Waals surface area contributed by atoms with Crippen molar-refractivity contribution in [2.75, 3.05) is 0 Å². The van der Waals surface area contributed by atoms with E-state index in [9.17, 15) is 0 Å². The summed E-state index contributed by atoms with van der Waals surface area (Å²) < 4.78 is 5.11. The average molecular weight is 574 g/mol. The lowest BCUT2D eigenvalue weighted by molar-refractivity contribution is -0.576. The van der Waals surface area contributed by atoms with Gasteiger partial charge in [-0.05, 0) is 34.3 Å². The molecule has 0 aliphatic rings. The predicted octanol–water partition coefficient (Wildman–Crippen LogP) is 9.01. The standard InChI is InChI=1S/C39H46N2P/c1-27(2)33-21-15-22-34(28(3)4)37(33)40-25-26-41(38-35(29(5)6)23-16-24-36(38)30(7)8)39(40)42(31-17-11-9-12-18-31)32-19-13-10-14-20-32/h9-30H,1-8H3/q+1. The lowest BCUT2D eigenvalue weighted by Gasteiger charge is -2.23. The summed E-state index contributed by atoms with van der Waals surface area (Å²) in [7, 11) is -0.898. The summed E-state index contributed by atoms with van der Waals surface area (Å²) in [5.74, 6) is 1.60. The molecule has 0 N–H and O–H groups in total. The van der Waals surface area contributed by atoms with Gasteiger partial charge in [-0.15, -0.1) is 0 Å². The van der Waals surface area contributed by atoms with Crippen LogP contribution in [0.25, 0.3) is 11.4 Å². The molecule has 5 aromatic rings. The summed E-state index contributed by atoms with van der Waals surface area (Å²) in [4.78, 5) is 0. The Labute approximate surface area is 254 Å². The molecule has 5 rings (SSSR count). The van der Waals surface area contributed by atoms with Gasteiger partial charge in [0.25, 0.3) is 5.57 Å². The Kier molecular flexibility index (Phi) is 9.14. The molecule has 0 unspecified atom stereocenters. The van der Waals surface area contributed by atoms with Crippen molar-refractivity contribution in [1.29, 1.82) is 0 Å². The first-order valence-corrected chi connectivity index (χ1v) is 16.8. The van der Waals surface area contributed by atoms with Crippen LogP contribution in [0.5, 0.6) is 0 Å². The van der Waals surface area contributed by atoms with E-state index in [1.807, 2.05) is 0 Å². The van der Waals surface area contributed by atoms with Crippen LogP contribution in [0.1, 0.15) is 101 Å². The van der Waals surface area contributed by atoms with Crippen molar-refractivity contribution in [3.05, 3.63) is 132 Å². The van der Waals surface area contributed by atoms with Crippen molar-refractivity contribution >= 4 is 24.1 Å². The van der Waals surface area contributed by atoms with Crippen molar-refractivity contribution in [1.82, 2.24) is 4.57 Å². The van der Waals surface area contributed by atoms with Gasteiger partial charge in [-0.1, -0.05) is 152 Å². The SMILES string of the molecule is CC(C)c1cccc(C(C)C)c1-n1cc[n+](-c2c(C(C)C)cccc2C(C)C)c1P(c1ccccc1)c1ccccc1. The number of imidazole rings is 1. The molecule has 1 aromatic heterocycles. The van der Waals surface area contributed by atoms with E-state index in [0.29, 0.717) is 23.7 Å². The minimum Gasteiger partial charge on any atom is -0.195 e. The fourth-order valence-electron chi connectivity index (χ4n) is 6.06. The number of hydrogen-bond acceptors (Lipinski definition) is 0. The number of rotatable bonds is 9. The largest absolute Gasteiger partial charge is 0.296 e. The molecule has 0 saturated heterocycles. The van der Waals surface area contributed by atoms with E-state index in [2.05, 4.69) is 174 Å². The number of nitrogens with zero attached hydrogens (tertiary/aromatic N) is 2. The van der Waals surface area contributed by atoms with E-state index in [4.69, 9.17) is 0 Å². The van der Waals surface area contributed by atoms with Gasteiger partial charge >= 0.3 is 0 Å². The second-order valence-corrected chi connectivity index (χ2v) is 14.6. The highest BCUT2D eigenvalue weighted by molar-refractivity contribution is 7.79. The molecule has 0 bridgehead atoms. The van der Waals surface area contributed by atoms with Gasteiger partial charge in [0.05, 0.1) is 7.92 Å². The Hall–Kier alpha value is -3.48. The van der Waals surface area contributed by atoms with Gasteiger partial charge in [0.2, 0.25) is 0 Å². The summed E-state index contributed by atoms with van der Waals surface area (Å²) in [6.07, 6.45) is 4.68. The molecule has 0 aliphatic heterocycles. The van der Waals surface area contributed by atoms with E-state index in [1.54, 1.807) is 0 Å². The van der Waals surface area contributed by atoms with Crippen LogP contribution in [0.4, 0.5) is 0 Å². The zero-order chi connectivity index (χ0) is 30.0. The van der Waals surface area contributed by atoms with Crippen LogP contribution >= 0.6 is 7.92 Å². The van der Waals surface area contributed by atoms with Crippen molar-refractivity contribution in [2.45, 2.75) is 79.1 Å². The highest BCUT2D eigenvalue weighted by atomic mass is 31.1. The lowest BCUT2D eigenvalue weighted by atomic mass is 9.92. The Morgan fingerprint density at radius 1 is 0.500 bits per heavy atom. The molecule has 0 saturated carbocycles. The fraction of sp³-hybridized carbons (Fsp3) is 0.308. The smallest absolute Gasteiger partial charge is 0.195 e. The molecular weight excluding hydrogens is 527 g/mol. The molecule has 1 heterocycles. The summed E-state index contributed by atoms with van der Waals surface area (Å²) in [6.45, 7) is 18.6. The highest BCUT2D eigenvalue weighted by Crippen LogP contribution is 2.38. The number of para-hydroxylation sites is 2. The van der Waals surface area contributed by atoms with Gasteiger partial charge in [-0.2, -0.15) is 9.13 Å². The van der Waals surface area contributed by atoms with Crippen LogP contribution < -0.4 is 20.7 Å². The molecule has 0 fully saturated rings. The molecule has 0 spiro atoms. The molecule has 2 nitrogen and oxygen atoms in total. The molecule has 0 aliphatic carbocycles. The second kappa shape index (κ2) is 12.8. The maximum Gasteiger partial charge on any atom is 0.296 e. The van der Waals surface area contributed by atoms with Gasteiger partial charge in [-0.25, -0.2) is 0 Å². The number of benzene rings is 4. The van der Waals surface area contributed by atoms with Gasteiger partial charge in [0, 0.05) is 22.3 Å². The fourth-order valence-corrected chi connectivity index (χ4v) is 8.53. The van der Waals surface area contributed by atoms with Crippen LogP contribution in [0, 0.1) is 0 Å². The van der Waals surface area contributed by atoms with Crippen molar-refractivity contribution in [3.8, 4) is 11.4 Å². The van der Waals surface area contributed by atoms with E-state index < -0.39 is 7.92 Å². The minimum atomic E-state index is -0.898. The molecule has 3 heteroatoms. The quantitative estimate of drug-likeness (QED) is 0.123. The first-order chi connectivity index (χ1) is 20.2. The van der Waals surface area contributed by atoms with Crippen LogP contribution in [-0.2, 0) is 0 Å². The zero-order valence-corrected chi connectivity index (χ0v) is 27.4. The first-order valence-electron chi connectivity index (χ1n) is 15.5. The Morgan fingerprint density at radius 2 is 0.905 bits per heavy atom. The Morgan fingerprint density at radius 3 is 1.31 bits per heavy atom. The monoisotopic (exact) mass is 573 g/mol. The van der Waals surface area contributed by atoms with Crippen molar-refractivity contribution in [3.63, 3.8) is 0 Å². The molecular formula is C39H46N2P+. The molecule has 4 aromatic carbocycles. The third-order valence-corrected chi connectivity index (χ3v) is 10.7. The Balaban J connectivity index is 1.98. The number of aromatic nitrogens is 2. The predicted molar refractivity (Wildman–Crippen MR) is 182 cm³/mol. The molecule has 216 valence electrons. The van der Waals surface area contributed by atoms with E-state index in [-0.39, 0.29) is 0 Å². The number of hydrogen-bond donors (Lipinski definition) is 0. The van der Waals surface area contributed by atoms with Gasteiger partial charge in [-0.3, -0.25) is 0 Å². The van der Waals surface area contributed by atoms with Crippen LogP contribution in [0.15, 0.2) is 109 Å². The van der Waals surface area contributed by atoms with Gasteiger partial charge in [0.1, 0.15) is 23.8 Å². The third kappa shape index (κ3) is 5.75. The topological polar surface area (TPSA) is 8.81 Å². The van der Waals surface area contributed by atoms with Crippen molar-refractivity contribution in [2.24, 2.45) is 0 Å². The third-order valence-electron chi connectivity index (χ3n) is 8.19. The van der Waals surface area contributed by atoms with E-state index in [1.165, 1.54) is 49.8 Å². The summed E-state index contributed by atoms with van der Waals surface area (Å²) in [5, 5.41) is 2.71. The lowest BCUT2D eigenvalue weighted by Crippen LogP contribution is -2.50. The molecule has 0 radical (unpaired) electrons. The van der Waals surface area contributed by atoms with Crippen LogP contribution in [-0.4, -0.2) is 4.57 Å². The summed E-state index contributed by atoms with van der Waals surface area (Å²) >= 11 is 0. The summed E-state index contributed by atoms with van der Waals surface area (Å²) in [6, 6.07) is 36.1. The van der Waals surface area contributed by atoms with Crippen LogP contribution in [0.2, 0.25) is 0 Å². The first kappa shape index (κ1) is 30.0. The maximum atomic E-state index is 2.55. The van der Waals surface area contributed by atoms with Crippen LogP contribution in [0.3, 0.4) is 0 Å². The molecule has 0 atom stereocenters. The highest BCUT2D eigenvalue weighted by Gasteiger charge is 2.36. The average Bonchev–Trinajstić information content (AvgIpc) is 3.41. The second-order valence-electron chi connectivity index (χ2n) is 12.5. The maximum absolute atomic E-state index is 2.55. The van der Waals surface area contributed by atoms with Crippen molar-refractivity contribution < 1.29 is 4.57 Å². The molecule has 0 amide bonds. The molecule has 42 heavy (non-hydrogen) atoms. The van der Waals surface area contributed by atoms with E-state index >= 15 is 0 Å². The van der Waals surface area contributed by atoms with Gasteiger partial charge in [0.15, 0.2) is 0 Å². The van der Waals surface area contributed by atoms with E-state index in [0.717, 1.165) is 0 Å². The zero-order valence-electron chi connectivity index (χ0n) is 26.5.